The molecule has 1 aliphatic carbocycles. The minimum atomic E-state index is -0.000162. The number of aromatic amines is 1. The number of carbonyl (C=O) groups excluding carboxylic acids is 1. The summed E-state index contributed by atoms with van der Waals surface area (Å²) in [7, 11) is 6.02. The van der Waals surface area contributed by atoms with E-state index in [2.05, 4.69) is 24.0 Å². The van der Waals surface area contributed by atoms with Gasteiger partial charge in [0, 0.05) is 31.0 Å². The predicted octanol–water partition coefficient (Wildman–Crippen LogP) is 1.15. The lowest BCUT2D eigenvalue weighted by molar-refractivity contribution is 0.0250. The van der Waals surface area contributed by atoms with Crippen LogP contribution in [0.2, 0.25) is 0 Å². The van der Waals surface area contributed by atoms with Gasteiger partial charge in [0.25, 0.3) is 5.91 Å². The van der Waals surface area contributed by atoms with Crippen LogP contribution in [0.4, 0.5) is 5.69 Å². The van der Waals surface area contributed by atoms with Crippen LogP contribution in [-0.4, -0.2) is 53.9 Å². The van der Waals surface area contributed by atoms with E-state index in [1.807, 2.05) is 7.05 Å². The van der Waals surface area contributed by atoms with Gasteiger partial charge in [-0.25, -0.2) is 0 Å². The first-order valence-corrected chi connectivity index (χ1v) is 6.31. The average Bonchev–Trinajstić information content (AvgIpc) is 2.68. The van der Waals surface area contributed by atoms with Crippen molar-refractivity contribution in [1.29, 1.82) is 0 Å². The van der Waals surface area contributed by atoms with E-state index in [0.29, 0.717) is 11.4 Å². The SMILES string of the molecule is CN(CC1(N(C)C)CCC1)C(=O)c1cc(N)c[nH]1. The quantitative estimate of drug-likeness (QED) is 0.842. The van der Waals surface area contributed by atoms with Crippen LogP contribution < -0.4 is 5.73 Å². The van der Waals surface area contributed by atoms with E-state index >= 15 is 0 Å². The molecule has 5 nitrogen and oxygen atoms in total. The highest BCUT2D eigenvalue weighted by atomic mass is 16.2. The summed E-state index contributed by atoms with van der Waals surface area (Å²) in [6.07, 6.45) is 5.21. The Labute approximate surface area is 108 Å². The van der Waals surface area contributed by atoms with Gasteiger partial charge in [-0.15, -0.1) is 0 Å². The summed E-state index contributed by atoms with van der Waals surface area (Å²) in [4.78, 5) is 19.1. The molecule has 100 valence electrons. The van der Waals surface area contributed by atoms with Crippen molar-refractivity contribution in [2.24, 2.45) is 0 Å². The van der Waals surface area contributed by atoms with Crippen molar-refractivity contribution in [2.45, 2.75) is 24.8 Å². The Morgan fingerprint density at radius 1 is 1.44 bits per heavy atom. The monoisotopic (exact) mass is 250 g/mol. The van der Waals surface area contributed by atoms with Crippen molar-refractivity contribution in [3.8, 4) is 0 Å². The molecule has 1 fully saturated rings. The average molecular weight is 250 g/mol. The first-order chi connectivity index (χ1) is 8.44. The van der Waals surface area contributed by atoms with Crippen LogP contribution in [0.5, 0.6) is 0 Å². The molecule has 0 spiro atoms. The summed E-state index contributed by atoms with van der Waals surface area (Å²) >= 11 is 0. The number of nitrogens with zero attached hydrogens (tertiary/aromatic N) is 2. The zero-order valence-electron chi connectivity index (χ0n) is 11.4. The summed E-state index contributed by atoms with van der Waals surface area (Å²) in [5.74, 6) is -0.000162. The fourth-order valence-corrected chi connectivity index (χ4v) is 2.59. The number of aromatic nitrogens is 1. The van der Waals surface area contributed by atoms with Gasteiger partial charge < -0.3 is 20.5 Å². The molecule has 1 aromatic rings. The molecular formula is C13H22N4O. The van der Waals surface area contributed by atoms with Crippen molar-refractivity contribution in [3.63, 3.8) is 0 Å². The van der Waals surface area contributed by atoms with Gasteiger partial charge in [0.1, 0.15) is 5.69 Å². The van der Waals surface area contributed by atoms with Gasteiger partial charge in [-0.3, -0.25) is 4.79 Å². The molecule has 0 saturated heterocycles. The number of hydrogen-bond donors (Lipinski definition) is 2. The number of anilines is 1. The third kappa shape index (κ3) is 2.22. The highest BCUT2D eigenvalue weighted by molar-refractivity contribution is 5.93. The largest absolute Gasteiger partial charge is 0.397 e. The summed E-state index contributed by atoms with van der Waals surface area (Å²) < 4.78 is 0. The fourth-order valence-electron chi connectivity index (χ4n) is 2.59. The van der Waals surface area contributed by atoms with Crippen molar-refractivity contribution >= 4 is 11.6 Å². The van der Waals surface area contributed by atoms with Gasteiger partial charge in [0.15, 0.2) is 0 Å². The molecule has 1 aliphatic rings. The van der Waals surface area contributed by atoms with E-state index < -0.39 is 0 Å². The number of H-pyrrole nitrogens is 1. The third-order valence-electron chi connectivity index (χ3n) is 4.05. The van der Waals surface area contributed by atoms with Crippen LogP contribution >= 0.6 is 0 Å². The second-order valence-electron chi connectivity index (χ2n) is 5.48. The Morgan fingerprint density at radius 2 is 2.11 bits per heavy atom. The van der Waals surface area contributed by atoms with Gasteiger partial charge in [-0.1, -0.05) is 0 Å². The van der Waals surface area contributed by atoms with E-state index in [1.54, 1.807) is 17.2 Å². The minimum absolute atomic E-state index is 0.000162. The molecule has 1 saturated carbocycles. The Morgan fingerprint density at radius 3 is 2.50 bits per heavy atom. The smallest absolute Gasteiger partial charge is 0.270 e. The number of nitrogen functional groups attached to an aromatic ring is 1. The lowest BCUT2D eigenvalue weighted by Crippen LogP contribution is -2.57. The Hall–Kier alpha value is -1.49. The van der Waals surface area contributed by atoms with Gasteiger partial charge in [0.05, 0.1) is 0 Å². The van der Waals surface area contributed by atoms with E-state index in [1.165, 1.54) is 6.42 Å². The normalized spacial score (nSPS) is 17.6. The topological polar surface area (TPSA) is 65.4 Å². The van der Waals surface area contributed by atoms with Crippen molar-refractivity contribution in [3.05, 3.63) is 18.0 Å². The standard InChI is InChI=1S/C13H22N4O/c1-16(2)13(5-4-6-13)9-17(3)12(18)11-7-10(14)8-15-11/h7-8,15H,4-6,9,14H2,1-3H3. The zero-order valence-corrected chi connectivity index (χ0v) is 11.4. The number of amides is 1. The molecule has 2 rings (SSSR count). The number of nitrogens with two attached hydrogens (primary N) is 1. The third-order valence-corrected chi connectivity index (χ3v) is 4.05. The van der Waals surface area contributed by atoms with Gasteiger partial charge in [0.2, 0.25) is 0 Å². The molecule has 5 heteroatoms. The maximum Gasteiger partial charge on any atom is 0.270 e. The van der Waals surface area contributed by atoms with E-state index in [-0.39, 0.29) is 11.4 Å². The Balaban J connectivity index is 2.03. The number of likely N-dealkylation sites (N-methyl/N-ethyl adjacent to an activating group) is 2. The molecule has 0 bridgehead atoms. The van der Waals surface area contributed by atoms with Gasteiger partial charge >= 0.3 is 0 Å². The molecular weight excluding hydrogens is 228 g/mol. The summed E-state index contributed by atoms with van der Waals surface area (Å²) in [5, 5.41) is 0. The fraction of sp³-hybridized carbons (Fsp3) is 0.615. The molecule has 0 aliphatic heterocycles. The number of carbonyl (C=O) groups is 1. The molecule has 18 heavy (non-hydrogen) atoms. The van der Waals surface area contributed by atoms with Crippen molar-refractivity contribution in [1.82, 2.24) is 14.8 Å². The second-order valence-corrected chi connectivity index (χ2v) is 5.48. The first kappa shape index (κ1) is 13.0. The van der Waals surface area contributed by atoms with Crippen molar-refractivity contribution in [2.75, 3.05) is 33.4 Å². The zero-order chi connectivity index (χ0) is 13.3. The van der Waals surface area contributed by atoms with Crippen molar-refractivity contribution < 1.29 is 4.79 Å². The molecule has 0 unspecified atom stereocenters. The lowest BCUT2D eigenvalue weighted by Gasteiger charge is -2.49. The van der Waals surface area contributed by atoms with Crippen LogP contribution in [0.25, 0.3) is 0 Å². The van der Waals surface area contributed by atoms with Gasteiger partial charge in [-0.2, -0.15) is 0 Å². The molecule has 1 amide bonds. The Kier molecular flexibility index (Phi) is 3.34. The molecule has 3 N–H and O–H groups in total. The molecule has 0 radical (unpaired) electrons. The van der Waals surface area contributed by atoms with Crippen LogP contribution in [0.15, 0.2) is 12.3 Å². The maximum absolute atomic E-state index is 12.2. The number of hydrogen-bond acceptors (Lipinski definition) is 3. The van der Waals surface area contributed by atoms with Crippen LogP contribution in [-0.2, 0) is 0 Å². The van der Waals surface area contributed by atoms with E-state index in [0.717, 1.165) is 19.4 Å². The highest BCUT2D eigenvalue weighted by Crippen LogP contribution is 2.36. The lowest BCUT2D eigenvalue weighted by atomic mass is 9.75. The van der Waals surface area contributed by atoms with E-state index in [4.69, 9.17) is 5.73 Å². The molecule has 0 aromatic carbocycles. The highest BCUT2D eigenvalue weighted by Gasteiger charge is 2.40. The van der Waals surface area contributed by atoms with E-state index in [9.17, 15) is 4.79 Å². The molecule has 1 aromatic heterocycles. The molecule has 1 heterocycles. The van der Waals surface area contributed by atoms with Crippen LogP contribution in [0, 0.1) is 0 Å². The number of nitrogens with one attached hydrogen (secondary N) is 1. The summed E-state index contributed by atoms with van der Waals surface area (Å²) in [6.45, 7) is 0.762. The first-order valence-electron chi connectivity index (χ1n) is 6.31. The second kappa shape index (κ2) is 4.65. The van der Waals surface area contributed by atoms with Crippen LogP contribution in [0.1, 0.15) is 29.8 Å². The minimum Gasteiger partial charge on any atom is -0.397 e. The predicted molar refractivity (Wildman–Crippen MR) is 72.4 cm³/mol. The Bertz CT molecular complexity index is 434. The maximum atomic E-state index is 12.2. The van der Waals surface area contributed by atoms with Gasteiger partial charge in [-0.05, 0) is 39.4 Å². The molecule has 0 atom stereocenters. The summed E-state index contributed by atoms with van der Waals surface area (Å²) in [5.41, 5.74) is 6.93. The van der Waals surface area contributed by atoms with Crippen LogP contribution in [0.3, 0.4) is 0 Å². The number of rotatable bonds is 4. The summed E-state index contributed by atoms with van der Waals surface area (Å²) in [6, 6.07) is 1.68.